The summed E-state index contributed by atoms with van der Waals surface area (Å²) in [6, 6.07) is 4.95. The summed E-state index contributed by atoms with van der Waals surface area (Å²) in [6.07, 6.45) is -2.29. The van der Waals surface area contributed by atoms with Crippen molar-refractivity contribution in [2.45, 2.75) is 25.4 Å². The molecule has 0 bridgehead atoms. The summed E-state index contributed by atoms with van der Waals surface area (Å²) in [5.74, 6) is -1.09. The molecule has 5 heteroatoms. The fraction of sp³-hybridized carbons (Fsp3) is 0.462. The predicted octanol–water partition coefficient (Wildman–Crippen LogP) is 3.36. The zero-order chi connectivity index (χ0) is 13.3. The molecule has 0 radical (unpaired) electrons. The van der Waals surface area contributed by atoms with Gasteiger partial charge in [-0.2, -0.15) is 13.2 Å². The van der Waals surface area contributed by atoms with E-state index in [1.165, 1.54) is 12.1 Å². The summed E-state index contributed by atoms with van der Waals surface area (Å²) in [4.78, 5) is 10.8. The van der Waals surface area contributed by atoms with E-state index in [0.717, 1.165) is 24.1 Å². The topological polar surface area (TPSA) is 37.3 Å². The molecular formula is C13H13F3O2. The second-order valence-corrected chi connectivity index (χ2v) is 4.68. The Bertz CT molecular complexity index is 437. The smallest absolute Gasteiger partial charge is 0.416 e. The van der Waals surface area contributed by atoms with E-state index in [4.69, 9.17) is 5.11 Å². The summed E-state index contributed by atoms with van der Waals surface area (Å²) in [7, 11) is 0. The largest absolute Gasteiger partial charge is 0.481 e. The number of hydrogen-bond donors (Lipinski definition) is 1. The summed E-state index contributed by atoms with van der Waals surface area (Å²) < 4.78 is 37.0. The van der Waals surface area contributed by atoms with Crippen molar-refractivity contribution in [2.75, 3.05) is 0 Å². The monoisotopic (exact) mass is 258 g/mol. The van der Waals surface area contributed by atoms with Crippen LogP contribution in [0, 0.1) is 11.8 Å². The number of hydrogen-bond acceptors (Lipinski definition) is 1. The summed E-state index contributed by atoms with van der Waals surface area (Å²) in [5.41, 5.74) is 0.0913. The number of rotatable bonds is 3. The van der Waals surface area contributed by atoms with Crippen LogP contribution in [-0.2, 0) is 17.4 Å². The van der Waals surface area contributed by atoms with Gasteiger partial charge in [0.1, 0.15) is 0 Å². The fourth-order valence-electron chi connectivity index (χ4n) is 2.27. The lowest BCUT2D eigenvalue weighted by molar-refractivity contribution is -0.147. The Balaban J connectivity index is 2.01. The number of alkyl halides is 3. The first-order chi connectivity index (χ1) is 8.38. The summed E-state index contributed by atoms with van der Waals surface area (Å²) >= 11 is 0. The SMILES string of the molecule is O=C(O)C1CCC1Cc1ccc(C(F)(F)F)cc1. The maximum absolute atomic E-state index is 12.3. The van der Waals surface area contributed by atoms with Crippen molar-refractivity contribution in [1.29, 1.82) is 0 Å². The van der Waals surface area contributed by atoms with Crippen molar-refractivity contribution in [2.24, 2.45) is 11.8 Å². The Morgan fingerprint density at radius 2 is 1.83 bits per heavy atom. The number of carbonyl (C=O) groups is 1. The van der Waals surface area contributed by atoms with Crippen molar-refractivity contribution in [1.82, 2.24) is 0 Å². The molecule has 1 saturated carbocycles. The van der Waals surface area contributed by atoms with Crippen molar-refractivity contribution >= 4 is 5.97 Å². The van der Waals surface area contributed by atoms with Gasteiger partial charge in [-0.1, -0.05) is 12.1 Å². The van der Waals surface area contributed by atoms with Gasteiger partial charge in [0, 0.05) is 0 Å². The van der Waals surface area contributed by atoms with Crippen molar-refractivity contribution in [3.8, 4) is 0 Å². The lowest BCUT2D eigenvalue weighted by Crippen LogP contribution is -2.34. The first-order valence-electron chi connectivity index (χ1n) is 5.77. The molecule has 0 spiro atoms. The Labute approximate surface area is 102 Å². The molecule has 1 aliphatic rings. The van der Waals surface area contributed by atoms with Crippen molar-refractivity contribution < 1.29 is 23.1 Å². The molecule has 2 nitrogen and oxygen atoms in total. The Morgan fingerprint density at radius 3 is 2.22 bits per heavy atom. The van der Waals surface area contributed by atoms with Gasteiger partial charge < -0.3 is 5.11 Å². The lowest BCUT2D eigenvalue weighted by Gasteiger charge is -2.33. The third kappa shape index (κ3) is 2.66. The van der Waals surface area contributed by atoms with Gasteiger partial charge in [-0.15, -0.1) is 0 Å². The van der Waals surface area contributed by atoms with E-state index in [2.05, 4.69) is 0 Å². The van der Waals surface area contributed by atoms with E-state index in [-0.39, 0.29) is 11.8 Å². The van der Waals surface area contributed by atoms with Crippen LogP contribution >= 0.6 is 0 Å². The van der Waals surface area contributed by atoms with Crippen LogP contribution in [0.5, 0.6) is 0 Å². The molecule has 1 aromatic carbocycles. The third-order valence-electron chi connectivity index (χ3n) is 3.51. The molecule has 0 aliphatic heterocycles. The van der Waals surface area contributed by atoms with Crippen LogP contribution in [-0.4, -0.2) is 11.1 Å². The van der Waals surface area contributed by atoms with Crippen LogP contribution in [0.2, 0.25) is 0 Å². The minimum absolute atomic E-state index is 0.0548. The molecule has 2 rings (SSSR count). The van der Waals surface area contributed by atoms with E-state index < -0.39 is 17.7 Å². The molecule has 0 aromatic heterocycles. The van der Waals surface area contributed by atoms with Crippen LogP contribution in [0.4, 0.5) is 13.2 Å². The number of halogens is 3. The number of benzene rings is 1. The average Bonchev–Trinajstić information content (AvgIpc) is 2.23. The average molecular weight is 258 g/mol. The van der Waals surface area contributed by atoms with E-state index in [9.17, 15) is 18.0 Å². The molecule has 0 amide bonds. The minimum atomic E-state index is -4.32. The summed E-state index contributed by atoms with van der Waals surface area (Å²) in [5, 5.41) is 8.88. The highest BCUT2D eigenvalue weighted by Crippen LogP contribution is 2.37. The van der Waals surface area contributed by atoms with Gasteiger partial charge in [0.05, 0.1) is 11.5 Å². The van der Waals surface area contributed by atoms with Gasteiger partial charge in [-0.3, -0.25) is 4.79 Å². The van der Waals surface area contributed by atoms with Gasteiger partial charge in [0.2, 0.25) is 0 Å². The molecule has 1 aromatic rings. The number of carboxylic acids is 1. The van der Waals surface area contributed by atoms with Gasteiger partial charge in [-0.25, -0.2) is 0 Å². The molecule has 1 aliphatic carbocycles. The first-order valence-corrected chi connectivity index (χ1v) is 5.77. The normalized spacial score (nSPS) is 23.5. The highest BCUT2D eigenvalue weighted by Gasteiger charge is 2.36. The molecule has 2 unspecified atom stereocenters. The Hall–Kier alpha value is -1.52. The van der Waals surface area contributed by atoms with E-state index in [1.54, 1.807) is 0 Å². The number of aliphatic carboxylic acids is 1. The van der Waals surface area contributed by atoms with E-state index >= 15 is 0 Å². The third-order valence-corrected chi connectivity index (χ3v) is 3.51. The molecule has 2 atom stereocenters. The highest BCUT2D eigenvalue weighted by atomic mass is 19.4. The van der Waals surface area contributed by atoms with Crippen LogP contribution in [0.25, 0.3) is 0 Å². The van der Waals surface area contributed by atoms with E-state index in [0.29, 0.717) is 12.8 Å². The highest BCUT2D eigenvalue weighted by molar-refractivity contribution is 5.71. The second kappa shape index (κ2) is 4.63. The molecule has 98 valence electrons. The molecule has 0 heterocycles. The first kappa shape index (κ1) is 12.9. The van der Waals surface area contributed by atoms with E-state index in [1.807, 2.05) is 0 Å². The Kier molecular flexibility index (Phi) is 3.32. The molecule has 1 N–H and O–H groups in total. The van der Waals surface area contributed by atoms with Crippen molar-refractivity contribution in [3.63, 3.8) is 0 Å². The summed E-state index contributed by atoms with van der Waals surface area (Å²) in [6.45, 7) is 0. The van der Waals surface area contributed by atoms with Crippen LogP contribution < -0.4 is 0 Å². The predicted molar refractivity (Wildman–Crippen MR) is 59.0 cm³/mol. The molecule has 0 saturated heterocycles. The minimum Gasteiger partial charge on any atom is -0.481 e. The zero-order valence-corrected chi connectivity index (χ0v) is 9.57. The maximum atomic E-state index is 12.3. The fourth-order valence-corrected chi connectivity index (χ4v) is 2.27. The standard InChI is InChI=1S/C13H13F3O2/c14-13(15,16)10-4-1-8(2-5-10)7-9-3-6-11(9)12(17)18/h1-2,4-5,9,11H,3,6-7H2,(H,17,18). The zero-order valence-electron chi connectivity index (χ0n) is 9.57. The van der Waals surface area contributed by atoms with Crippen LogP contribution in [0.1, 0.15) is 24.0 Å². The maximum Gasteiger partial charge on any atom is 0.416 e. The van der Waals surface area contributed by atoms with Gasteiger partial charge in [0.15, 0.2) is 0 Å². The van der Waals surface area contributed by atoms with Crippen LogP contribution in [0.3, 0.4) is 0 Å². The number of carboxylic acid groups (broad SMARTS) is 1. The van der Waals surface area contributed by atoms with Crippen LogP contribution in [0.15, 0.2) is 24.3 Å². The Morgan fingerprint density at radius 1 is 1.22 bits per heavy atom. The lowest BCUT2D eigenvalue weighted by atomic mass is 9.71. The van der Waals surface area contributed by atoms with Crippen molar-refractivity contribution in [3.05, 3.63) is 35.4 Å². The molecule has 18 heavy (non-hydrogen) atoms. The molecular weight excluding hydrogens is 245 g/mol. The van der Waals surface area contributed by atoms with Gasteiger partial charge in [-0.05, 0) is 42.9 Å². The molecule has 1 fully saturated rings. The quantitative estimate of drug-likeness (QED) is 0.902. The van der Waals surface area contributed by atoms with Gasteiger partial charge >= 0.3 is 12.1 Å². The van der Waals surface area contributed by atoms with Gasteiger partial charge in [0.25, 0.3) is 0 Å². The second-order valence-electron chi connectivity index (χ2n) is 4.68.